The average Bonchev–Trinajstić information content (AvgIpc) is 2.77. The first-order valence-corrected chi connectivity index (χ1v) is 8.27. The molecule has 2 aromatic carbocycles. The Bertz CT molecular complexity index is 666. The molecule has 0 aliphatic heterocycles. The zero-order valence-electron chi connectivity index (χ0n) is 12.7. The molecule has 0 aromatic heterocycles. The van der Waals surface area contributed by atoms with Gasteiger partial charge in [-0.25, -0.2) is 0 Å². The van der Waals surface area contributed by atoms with Gasteiger partial charge in [0.05, 0.1) is 0 Å². The van der Waals surface area contributed by atoms with E-state index in [4.69, 9.17) is 0 Å². The number of hydrogen-bond donors (Lipinski definition) is 0. The molecule has 0 saturated carbocycles. The summed E-state index contributed by atoms with van der Waals surface area (Å²) in [5.74, 6) is 1.19. The van der Waals surface area contributed by atoms with E-state index >= 15 is 0 Å². The Balaban J connectivity index is 2.19. The summed E-state index contributed by atoms with van der Waals surface area (Å²) in [5, 5.41) is 0. The number of rotatable bonds is 2. The van der Waals surface area contributed by atoms with Gasteiger partial charge in [0.25, 0.3) is 0 Å². The van der Waals surface area contributed by atoms with E-state index < -0.39 is 0 Å². The third-order valence-electron chi connectivity index (χ3n) is 4.40. The Morgan fingerprint density at radius 1 is 0.850 bits per heavy atom. The molecule has 0 saturated heterocycles. The first-order valence-electron chi connectivity index (χ1n) is 7.49. The second-order valence-electron chi connectivity index (χ2n) is 6.50. The SMILES string of the molecule is CC(C)c1ccc2c(c1)-c1cc(C(C)C)c[c]([Ti])c1C2. The zero-order valence-corrected chi connectivity index (χ0v) is 14.3. The van der Waals surface area contributed by atoms with Crippen LogP contribution in [-0.2, 0) is 26.9 Å². The Morgan fingerprint density at radius 3 is 2.15 bits per heavy atom. The Hall–Kier alpha value is -0.846. The molecule has 0 amide bonds. The predicted molar refractivity (Wildman–Crippen MR) is 82.5 cm³/mol. The molecule has 2 aromatic rings. The Morgan fingerprint density at radius 2 is 1.50 bits per heavy atom. The number of hydrogen-bond acceptors (Lipinski definition) is 0. The molecular weight excluding hydrogens is 276 g/mol. The monoisotopic (exact) mass is 297 g/mol. The second kappa shape index (κ2) is 5.17. The first kappa shape index (κ1) is 14.1. The molecular formula is C19H21Ti. The van der Waals surface area contributed by atoms with E-state index in [1.165, 1.54) is 37.2 Å². The van der Waals surface area contributed by atoms with Crippen molar-refractivity contribution in [2.24, 2.45) is 0 Å². The van der Waals surface area contributed by atoms with E-state index in [9.17, 15) is 0 Å². The van der Waals surface area contributed by atoms with Crippen LogP contribution >= 0.6 is 0 Å². The maximum atomic E-state index is 2.42. The topological polar surface area (TPSA) is 0 Å². The maximum absolute atomic E-state index is 2.42. The molecule has 1 aliphatic rings. The third kappa shape index (κ3) is 2.30. The average molecular weight is 297 g/mol. The van der Waals surface area contributed by atoms with Crippen LogP contribution < -0.4 is 3.87 Å². The van der Waals surface area contributed by atoms with Crippen LogP contribution in [-0.4, -0.2) is 0 Å². The molecule has 20 heavy (non-hydrogen) atoms. The molecule has 0 N–H and O–H groups in total. The van der Waals surface area contributed by atoms with Crippen LogP contribution in [0.2, 0.25) is 0 Å². The predicted octanol–water partition coefficient (Wildman–Crippen LogP) is 4.68. The summed E-state index contributed by atoms with van der Waals surface area (Å²) in [6.07, 6.45) is 1.10. The summed E-state index contributed by atoms with van der Waals surface area (Å²) in [6.45, 7) is 9.10. The van der Waals surface area contributed by atoms with Crippen LogP contribution in [0.5, 0.6) is 0 Å². The summed E-state index contributed by atoms with van der Waals surface area (Å²) < 4.78 is 1.45. The van der Waals surface area contributed by atoms with Crippen LogP contribution in [0, 0.1) is 0 Å². The summed E-state index contributed by atoms with van der Waals surface area (Å²) in [5.41, 5.74) is 8.88. The molecule has 0 nitrogen and oxygen atoms in total. The van der Waals surface area contributed by atoms with Gasteiger partial charge in [-0.3, -0.25) is 0 Å². The molecule has 1 heteroatoms. The second-order valence-corrected chi connectivity index (χ2v) is 7.34. The molecule has 101 valence electrons. The summed E-state index contributed by atoms with van der Waals surface area (Å²) in [6, 6.07) is 11.8. The van der Waals surface area contributed by atoms with Crippen LogP contribution in [0.25, 0.3) is 11.1 Å². The molecule has 0 spiro atoms. The van der Waals surface area contributed by atoms with Gasteiger partial charge in [0, 0.05) is 0 Å². The van der Waals surface area contributed by atoms with Gasteiger partial charge in [-0.1, -0.05) is 0 Å². The Labute approximate surface area is 134 Å². The van der Waals surface area contributed by atoms with Crippen LogP contribution in [0.4, 0.5) is 0 Å². The third-order valence-corrected chi connectivity index (χ3v) is 5.09. The summed E-state index contributed by atoms with van der Waals surface area (Å²) in [4.78, 5) is 0. The van der Waals surface area contributed by atoms with E-state index in [1.807, 2.05) is 0 Å². The van der Waals surface area contributed by atoms with Gasteiger partial charge in [0.15, 0.2) is 0 Å². The standard InChI is InChI=1S/C19H21.Ti/c1-12(2)14-5-7-16-9-17-8-6-15(13(3)4)11-19(17)18(16)10-14;/h5-7,10-13H,9H2,1-4H3;. The molecule has 3 rings (SSSR count). The van der Waals surface area contributed by atoms with Crippen LogP contribution in [0.1, 0.15) is 61.8 Å². The molecule has 0 radical (unpaired) electrons. The van der Waals surface area contributed by atoms with Gasteiger partial charge >= 0.3 is 134 Å². The van der Waals surface area contributed by atoms with E-state index in [2.05, 4.69) is 78.5 Å². The molecule has 0 bridgehead atoms. The number of fused-ring (bicyclic) bond motifs is 3. The fraction of sp³-hybridized carbons (Fsp3) is 0.368. The van der Waals surface area contributed by atoms with Crippen molar-refractivity contribution in [1.29, 1.82) is 0 Å². The number of benzene rings is 2. The van der Waals surface area contributed by atoms with Gasteiger partial charge in [-0.15, -0.1) is 0 Å². The van der Waals surface area contributed by atoms with E-state index in [0.717, 1.165) is 6.42 Å². The van der Waals surface area contributed by atoms with Gasteiger partial charge in [0.2, 0.25) is 0 Å². The quantitative estimate of drug-likeness (QED) is 0.603. The van der Waals surface area contributed by atoms with Crippen LogP contribution in [0.15, 0.2) is 30.3 Å². The van der Waals surface area contributed by atoms with Crippen molar-refractivity contribution in [3.8, 4) is 11.1 Å². The minimum absolute atomic E-state index is 0.594. The van der Waals surface area contributed by atoms with Crippen molar-refractivity contribution in [3.63, 3.8) is 0 Å². The first-order chi connectivity index (χ1) is 9.47. The zero-order chi connectivity index (χ0) is 14.4. The normalized spacial score (nSPS) is 12.8. The summed E-state index contributed by atoms with van der Waals surface area (Å²) >= 11 is 2.26. The van der Waals surface area contributed by atoms with Gasteiger partial charge in [0.1, 0.15) is 0 Å². The molecule has 0 heterocycles. The van der Waals surface area contributed by atoms with Gasteiger partial charge in [-0.05, 0) is 0 Å². The fourth-order valence-electron chi connectivity index (χ4n) is 3.01. The Kier molecular flexibility index (Phi) is 3.64. The van der Waals surface area contributed by atoms with Crippen molar-refractivity contribution in [1.82, 2.24) is 0 Å². The summed E-state index contributed by atoms with van der Waals surface area (Å²) in [7, 11) is 0. The molecule has 1 aliphatic carbocycles. The van der Waals surface area contributed by atoms with E-state index in [-0.39, 0.29) is 0 Å². The fourth-order valence-corrected chi connectivity index (χ4v) is 3.62. The van der Waals surface area contributed by atoms with Crippen molar-refractivity contribution < 1.29 is 20.4 Å². The molecule has 0 atom stereocenters. The van der Waals surface area contributed by atoms with Gasteiger partial charge < -0.3 is 0 Å². The minimum atomic E-state index is 0.594. The van der Waals surface area contributed by atoms with E-state index in [1.54, 1.807) is 0 Å². The van der Waals surface area contributed by atoms with Gasteiger partial charge in [-0.2, -0.15) is 0 Å². The van der Waals surface area contributed by atoms with Crippen molar-refractivity contribution in [2.75, 3.05) is 0 Å². The van der Waals surface area contributed by atoms with Crippen molar-refractivity contribution >= 4 is 3.87 Å². The van der Waals surface area contributed by atoms with Crippen molar-refractivity contribution in [3.05, 3.63) is 52.6 Å². The van der Waals surface area contributed by atoms with E-state index in [0.29, 0.717) is 11.8 Å². The molecule has 0 unspecified atom stereocenters. The van der Waals surface area contributed by atoms with Crippen molar-refractivity contribution in [2.45, 2.75) is 46.0 Å². The molecule has 0 fully saturated rings. The van der Waals surface area contributed by atoms with Crippen LogP contribution in [0.3, 0.4) is 0 Å².